The van der Waals surface area contributed by atoms with Gasteiger partial charge in [-0.2, -0.15) is 0 Å². The van der Waals surface area contributed by atoms with Gasteiger partial charge in [0.05, 0.1) is 10.5 Å². The van der Waals surface area contributed by atoms with Crippen LogP contribution >= 0.6 is 0 Å². The van der Waals surface area contributed by atoms with E-state index >= 15 is 0 Å². The number of pyridine rings is 1. The van der Waals surface area contributed by atoms with E-state index in [1.54, 1.807) is 6.07 Å². The minimum Gasteiger partial charge on any atom is -0.388 e. The smallest absolute Gasteiger partial charge is 0.310 e. The highest BCUT2D eigenvalue weighted by atomic mass is 16.6. The minimum atomic E-state index is -0.760. The lowest BCUT2D eigenvalue weighted by Gasteiger charge is -2.35. The Labute approximate surface area is 112 Å². The summed E-state index contributed by atoms with van der Waals surface area (Å²) in [4.78, 5) is 14.1. The van der Waals surface area contributed by atoms with Crippen molar-refractivity contribution in [3.63, 3.8) is 0 Å². The third kappa shape index (κ3) is 3.41. The predicted octanol–water partition coefficient (Wildman–Crippen LogP) is 2.34. The maximum absolute atomic E-state index is 10.9. The van der Waals surface area contributed by atoms with Crippen LogP contribution in [0.1, 0.15) is 32.6 Å². The largest absolute Gasteiger partial charge is 0.388 e. The molecule has 2 N–H and O–H groups in total. The average molecular weight is 265 g/mol. The fraction of sp³-hybridized carbons (Fsp3) is 0.615. The quantitative estimate of drug-likeness (QED) is 0.644. The molecule has 1 saturated carbocycles. The number of aromatic nitrogens is 1. The Balaban J connectivity index is 2.01. The van der Waals surface area contributed by atoms with Crippen molar-refractivity contribution in [1.29, 1.82) is 0 Å². The Hall–Kier alpha value is -1.69. The van der Waals surface area contributed by atoms with Gasteiger partial charge in [-0.1, -0.05) is 6.92 Å². The second-order valence-corrected chi connectivity index (χ2v) is 5.41. The van der Waals surface area contributed by atoms with E-state index in [9.17, 15) is 15.2 Å². The van der Waals surface area contributed by atoms with Gasteiger partial charge in [0, 0.05) is 12.7 Å². The van der Waals surface area contributed by atoms with Crippen molar-refractivity contribution in [2.75, 3.05) is 11.9 Å². The summed E-state index contributed by atoms with van der Waals surface area (Å²) in [6.07, 6.45) is 6.19. The van der Waals surface area contributed by atoms with Gasteiger partial charge >= 0.3 is 5.69 Å². The van der Waals surface area contributed by atoms with Gasteiger partial charge in [0.2, 0.25) is 0 Å². The summed E-state index contributed by atoms with van der Waals surface area (Å²) >= 11 is 0. The summed E-state index contributed by atoms with van der Waals surface area (Å²) in [7, 11) is 0. The molecule has 1 aliphatic rings. The molecule has 1 fully saturated rings. The first-order valence-electron chi connectivity index (χ1n) is 6.55. The highest BCUT2D eigenvalue weighted by molar-refractivity contribution is 5.59. The third-order valence-electron chi connectivity index (χ3n) is 3.81. The van der Waals surface area contributed by atoms with Gasteiger partial charge in [-0.05, 0) is 37.7 Å². The lowest BCUT2D eigenvalue weighted by atomic mass is 9.79. The molecule has 0 spiro atoms. The van der Waals surface area contributed by atoms with E-state index in [0.29, 0.717) is 18.2 Å². The maximum Gasteiger partial charge on any atom is 0.310 e. The molecule has 0 saturated heterocycles. The maximum atomic E-state index is 10.9. The van der Waals surface area contributed by atoms with Gasteiger partial charge in [-0.25, -0.2) is 0 Å². The molecule has 0 amide bonds. The highest BCUT2D eigenvalue weighted by Crippen LogP contribution is 2.32. The number of nitrogens with zero attached hydrogens (tertiary/aromatic N) is 2. The summed E-state index contributed by atoms with van der Waals surface area (Å²) in [6.45, 7) is 2.52. The number of rotatable bonds is 4. The van der Waals surface area contributed by atoms with E-state index in [-0.39, 0.29) is 5.69 Å². The second-order valence-electron chi connectivity index (χ2n) is 5.41. The van der Waals surface area contributed by atoms with Crippen LogP contribution in [0, 0.1) is 16.0 Å². The van der Waals surface area contributed by atoms with Crippen molar-refractivity contribution in [3.8, 4) is 0 Å². The standard InChI is InChI=1S/C13H19N3O3/c1-10-2-5-13(17,6-3-10)9-15-11-4-7-14-8-12(11)16(18)19/h4,7-8,10,17H,2-3,5-6,9H2,1H3,(H,14,15). The summed E-state index contributed by atoms with van der Waals surface area (Å²) < 4.78 is 0. The first-order valence-corrected chi connectivity index (χ1v) is 6.55. The number of hydrogen-bond acceptors (Lipinski definition) is 5. The molecule has 19 heavy (non-hydrogen) atoms. The molecule has 0 aliphatic heterocycles. The first kappa shape index (κ1) is 13.7. The summed E-state index contributed by atoms with van der Waals surface area (Å²) in [5, 5.41) is 24.3. The van der Waals surface area contributed by atoms with Crippen molar-refractivity contribution in [2.45, 2.75) is 38.2 Å². The summed E-state index contributed by atoms with van der Waals surface area (Å²) in [6, 6.07) is 1.56. The molecule has 2 rings (SSSR count). The van der Waals surface area contributed by atoms with Crippen molar-refractivity contribution in [1.82, 2.24) is 4.98 Å². The predicted molar refractivity (Wildman–Crippen MR) is 72.0 cm³/mol. The van der Waals surface area contributed by atoms with Crippen molar-refractivity contribution in [2.24, 2.45) is 5.92 Å². The van der Waals surface area contributed by atoms with Crippen molar-refractivity contribution >= 4 is 11.4 Å². The van der Waals surface area contributed by atoms with E-state index in [1.165, 1.54) is 12.4 Å². The Bertz CT molecular complexity index is 456. The van der Waals surface area contributed by atoms with Crippen LogP contribution in [0.5, 0.6) is 0 Å². The van der Waals surface area contributed by atoms with Crippen LogP contribution < -0.4 is 5.32 Å². The lowest BCUT2D eigenvalue weighted by molar-refractivity contribution is -0.384. The van der Waals surface area contributed by atoms with Crippen molar-refractivity contribution < 1.29 is 10.0 Å². The van der Waals surface area contributed by atoms with Crippen molar-refractivity contribution in [3.05, 3.63) is 28.6 Å². The molecular weight excluding hydrogens is 246 g/mol. The summed E-state index contributed by atoms with van der Waals surface area (Å²) in [5.74, 6) is 0.649. The molecule has 1 aliphatic carbocycles. The molecule has 1 aromatic rings. The highest BCUT2D eigenvalue weighted by Gasteiger charge is 2.32. The van der Waals surface area contributed by atoms with E-state index in [4.69, 9.17) is 0 Å². The molecule has 0 bridgehead atoms. The first-order chi connectivity index (χ1) is 9.00. The molecule has 104 valence electrons. The van der Waals surface area contributed by atoms with Crippen LogP contribution in [0.15, 0.2) is 18.5 Å². The van der Waals surface area contributed by atoms with Crippen LogP contribution in [0.4, 0.5) is 11.4 Å². The van der Waals surface area contributed by atoms with Gasteiger partial charge in [-0.15, -0.1) is 0 Å². The molecule has 6 heteroatoms. The number of hydrogen-bond donors (Lipinski definition) is 2. The molecule has 6 nitrogen and oxygen atoms in total. The number of nitro groups is 1. The second kappa shape index (κ2) is 5.52. The zero-order chi connectivity index (χ0) is 13.9. The fourth-order valence-corrected chi connectivity index (χ4v) is 2.42. The summed E-state index contributed by atoms with van der Waals surface area (Å²) in [5.41, 5.74) is -0.411. The van der Waals surface area contributed by atoms with E-state index < -0.39 is 10.5 Å². The van der Waals surface area contributed by atoms with Gasteiger partial charge in [0.15, 0.2) is 0 Å². The zero-order valence-electron chi connectivity index (χ0n) is 11.0. The molecule has 0 unspecified atom stereocenters. The van der Waals surface area contributed by atoms with Crippen LogP contribution in [0.2, 0.25) is 0 Å². The zero-order valence-corrected chi connectivity index (χ0v) is 11.0. The number of aliphatic hydroxyl groups is 1. The normalized spacial score (nSPS) is 26.9. The molecule has 0 radical (unpaired) electrons. The van der Waals surface area contributed by atoms with E-state index in [2.05, 4.69) is 17.2 Å². The van der Waals surface area contributed by atoms with E-state index in [1.807, 2.05) is 0 Å². The SMILES string of the molecule is CC1CCC(O)(CNc2ccncc2[N+](=O)[O-])CC1. The lowest BCUT2D eigenvalue weighted by Crippen LogP contribution is -2.40. The Morgan fingerprint density at radius 3 is 2.89 bits per heavy atom. The van der Waals surface area contributed by atoms with Crippen LogP contribution in [0.25, 0.3) is 0 Å². The number of anilines is 1. The molecule has 1 aromatic heterocycles. The molecule has 0 atom stereocenters. The van der Waals surface area contributed by atoms with Crippen LogP contribution in [0.3, 0.4) is 0 Å². The van der Waals surface area contributed by atoms with Gasteiger partial charge in [0.25, 0.3) is 0 Å². The molecule has 1 heterocycles. The van der Waals surface area contributed by atoms with Crippen LogP contribution in [-0.2, 0) is 0 Å². The van der Waals surface area contributed by atoms with Crippen LogP contribution in [-0.4, -0.2) is 27.2 Å². The van der Waals surface area contributed by atoms with Gasteiger partial charge < -0.3 is 10.4 Å². The Morgan fingerprint density at radius 2 is 2.26 bits per heavy atom. The molecule has 0 aromatic carbocycles. The van der Waals surface area contributed by atoms with Gasteiger partial charge in [-0.3, -0.25) is 15.1 Å². The average Bonchev–Trinajstić information content (AvgIpc) is 2.41. The minimum absolute atomic E-state index is 0.0599. The van der Waals surface area contributed by atoms with Gasteiger partial charge in [0.1, 0.15) is 11.9 Å². The Kier molecular flexibility index (Phi) is 3.99. The fourth-order valence-electron chi connectivity index (χ4n) is 2.42. The monoisotopic (exact) mass is 265 g/mol. The third-order valence-corrected chi connectivity index (χ3v) is 3.81. The van der Waals surface area contributed by atoms with E-state index in [0.717, 1.165) is 25.7 Å². The number of nitrogens with one attached hydrogen (secondary N) is 1. The Morgan fingerprint density at radius 1 is 1.58 bits per heavy atom. The topological polar surface area (TPSA) is 88.3 Å². The molecular formula is C13H19N3O3.